The minimum Gasteiger partial charge on any atom is -0.461 e. The standard InChI is InChI=1S/C18H15BrClNO3/c19-14-6-4-12(5-7-14)11-24-18(23)13-8-17(22)21(10-13)16-3-1-2-15(20)9-16/h1-7,9,13H,8,10-11H2/t13-/m0/s1. The van der Waals surface area contributed by atoms with E-state index in [1.807, 2.05) is 24.3 Å². The second-order valence-electron chi connectivity index (χ2n) is 5.62. The average Bonchev–Trinajstić information content (AvgIpc) is 2.96. The molecule has 124 valence electrons. The Balaban J connectivity index is 1.60. The maximum absolute atomic E-state index is 12.2. The van der Waals surface area contributed by atoms with Gasteiger partial charge in [0.25, 0.3) is 0 Å². The van der Waals surface area contributed by atoms with Gasteiger partial charge in [-0.15, -0.1) is 0 Å². The first-order valence-corrected chi connectivity index (χ1v) is 8.67. The van der Waals surface area contributed by atoms with Gasteiger partial charge in [-0.2, -0.15) is 0 Å². The van der Waals surface area contributed by atoms with Crippen molar-refractivity contribution in [1.82, 2.24) is 0 Å². The smallest absolute Gasteiger partial charge is 0.311 e. The zero-order chi connectivity index (χ0) is 17.1. The highest BCUT2D eigenvalue weighted by Crippen LogP contribution is 2.28. The minimum absolute atomic E-state index is 0.0946. The molecule has 1 aliphatic heterocycles. The number of hydrogen-bond acceptors (Lipinski definition) is 3. The van der Waals surface area contributed by atoms with Crippen molar-refractivity contribution in [2.24, 2.45) is 5.92 Å². The summed E-state index contributed by atoms with van der Waals surface area (Å²) in [6.45, 7) is 0.520. The quantitative estimate of drug-likeness (QED) is 0.712. The van der Waals surface area contributed by atoms with Crippen LogP contribution in [0.4, 0.5) is 5.69 Å². The molecule has 2 aromatic rings. The molecule has 1 fully saturated rings. The van der Waals surface area contributed by atoms with Crippen LogP contribution in [0.15, 0.2) is 53.0 Å². The molecule has 1 heterocycles. The van der Waals surface area contributed by atoms with E-state index in [0.717, 1.165) is 10.0 Å². The first-order valence-electron chi connectivity index (χ1n) is 7.50. The number of amides is 1. The van der Waals surface area contributed by atoms with E-state index < -0.39 is 5.92 Å². The molecule has 0 radical (unpaired) electrons. The lowest BCUT2D eigenvalue weighted by molar-refractivity contribution is -0.149. The highest BCUT2D eigenvalue weighted by atomic mass is 79.9. The first kappa shape index (κ1) is 17.0. The maximum Gasteiger partial charge on any atom is 0.311 e. The van der Waals surface area contributed by atoms with E-state index in [9.17, 15) is 9.59 Å². The van der Waals surface area contributed by atoms with E-state index in [-0.39, 0.29) is 24.9 Å². The number of nitrogens with zero attached hydrogens (tertiary/aromatic N) is 1. The van der Waals surface area contributed by atoms with Gasteiger partial charge in [-0.3, -0.25) is 9.59 Å². The summed E-state index contributed by atoms with van der Waals surface area (Å²) in [7, 11) is 0. The van der Waals surface area contributed by atoms with Crippen LogP contribution in [0.25, 0.3) is 0 Å². The number of halogens is 2. The Bertz CT molecular complexity index is 763. The topological polar surface area (TPSA) is 46.6 Å². The third-order valence-corrected chi connectivity index (χ3v) is 4.64. The van der Waals surface area contributed by atoms with Gasteiger partial charge in [-0.1, -0.05) is 45.7 Å². The number of carbonyl (C=O) groups excluding carboxylic acids is 2. The lowest BCUT2D eigenvalue weighted by Gasteiger charge is -2.16. The van der Waals surface area contributed by atoms with Crippen molar-refractivity contribution in [2.75, 3.05) is 11.4 Å². The average molecular weight is 409 g/mol. The molecular weight excluding hydrogens is 394 g/mol. The summed E-state index contributed by atoms with van der Waals surface area (Å²) >= 11 is 9.33. The van der Waals surface area contributed by atoms with Gasteiger partial charge in [0.2, 0.25) is 5.91 Å². The molecule has 1 amide bonds. The minimum atomic E-state index is -0.452. The van der Waals surface area contributed by atoms with Crippen LogP contribution in [0.5, 0.6) is 0 Å². The number of ether oxygens (including phenoxy) is 1. The summed E-state index contributed by atoms with van der Waals surface area (Å²) in [6, 6.07) is 14.6. The molecule has 3 rings (SSSR count). The van der Waals surface area contributed by atoms with Gasteiger partial charge in [-0.25, -0.2) is 0 Å². The monoisotopic (exact) mass is 407 g/mol. The molecule has 0 spiro atoms. The van der Waals surface area contributed by atoms with Crippen LogP contribution in [0.3, 0.4) is 0 Å². The summed E-state index contributed by atoms with van der Waals surface area (Å²) < 4.78 is 6.32. The molecule has 0 unspecified atom stereocenters. The maximum atomic E-state index is 12.2. The summed E-state index contributed by atoms with van der Waals surface area (Å²) in [5.41, 5.74) is 1.61. The number of hydrogen-bond donors (Lipinski definition) is 0. The Labute approximate surface area is 153 Å². The van der Waals surface area contributed by atoms with Gasteiger partial charge in [0.15, 0.2) is 0 Å². The summed E-state index contributed by atoms with van der Waals surface area (Å²) in [5, 5.41) is 0.557. The molecular formula is C18H15BrClNO3. The van der Waals surface area contributed by atoms with Crippen LogP contribution < -0.4 is 4.90 Å². The van der Waals surface area contributed by atoms with Crippen molar-refractivity contribution in [3.05, 3.63) is 63.6 Å². The fraction of sp³-hybridized carbons (Fsp3) is 0.222. The first-order chi connectivity index (χ1) is 11.5. The van der Waals surface area contributed by atoms with Crippen molar-refractivity contribution in [3.8, 4) is 0 Å². The summed E-state index contributed by atoms with van der Waals surface area (Å²) in [5.74, 6) is -0.898. The Morgan fingerprint density at radius 1 is 1.25 bits per heavy atom. The Kier molecular flexibility index (Phi) is 5.21. The number of anilines is 1. The predicted molar refractivity (Wildman–Crippen MR) is 95.9 cm³/mol. The Morgan fingerprint density at radius 3 is 2.71 bits per heavy atom. The van der Waals surface area contributed by atoms with Gasteiger partial charge in [0.05, 0.1) is 5.92 Å². The lowest BCUT2D eigenvalue weighted by atomic mass is 10.1. The van der Waals surface area contributed by atoms with Crippen LogP contribution in [-0.2, 0) is 20.9 Å². The molecule has 0 aliphatic carbocycles. The second-order valence-corrected chi connectivity index (χ2v) is 6.97. The normalized spacial score (nSPS) is 17.2. The zero-order valence-electron chi connectivity index (χ0n) is 12.7. The lowest BCUT2D eigenvalue weighted by Crippen LogP contribution is -2.26. The molecule has 0 N–H and O–H groups in total. The number of esters is 1. The second kappa shape index (κ2) is 7.36. The predicted octanol–water partition coefficient (Wildman–Crippen LogP) is 4.20. The SMILES string of the molecule is O=C(OCc1ccc(Br)cc1)[C@H]1CC(=O)N(c2cccc(Cl)c2)C1. The number of benzene rings is 2. The van der Waals surface area contributed by atoms with Crippen LogP contribution in [0.2, 0.25) is 5.02 Å². The van der Waals surface area contributed by atoms with E-state index in [4.69, 9.17) is 16.3 Å². The van der Waals surface area contributed by atoms with Crippen molar-refractivity contribution in [3.63, 3.8) is 0 Å². The third-order valence-electron chi connectivity index (χ3n) is 3.87. The van der Waals surface area contributed by atoms with Crippen molar-refractivity contribution < 1.29 is 14.3 Å². The van der Waals surface area contributed by atoms with E-state index in [1.165, 1.54) is 0 Å². The molecule has 4 nitrogen and oxygen atoms in total. The van der Waals surface area contributed by atoms with Crippen molar-refractivity contribution in [2.45, 2.75) is 13.0 Å². The molecule has 1 saturated heterocycles. The highest BCUT2D eigenvalue weighted by Gasteiger charge is 2.36. The van der Waals surface area contributed by atoms with Gasteiger partial charge in [0, 0.05) is 28.1 Å². The van der Waals surface area contributed by atoms with Gasteiger partial charge < -0.3 is 9.64 Å². The van der Waals surface area contributed by atoms with Crippen LogP contribution in [0.1, 0.15) is 12.0 Å². The van der Waals surface area contributed by atoms with E-state index in [1.54, 1.807) is 29.2 Å². The molecule has 2 aromatic carbocycles. The third kappa shape index (κ3) is 3.97. The molecule has 0 aromatic heterocycles. The molecule has 1 atom stereocenters. The highest BCUT2D eigenvalue weighted by molar-refractivity contribution is 9.10. The van der Waals surface area contributed by atoms with Crippen LogP contribution in [-0.4, -0.2) is 18.4 Å². The molecule has 0 bridgehead atoms. The zero-order valence-corrected chi connectivity index (χ0v) is 15.1. The molecule has 1 aliphatic rings. The molecule has 24 heavy (non-hydrogen) atoms. The van der Waals surface area contributed by atoms with E-state index in [2.05, 4.69) is 15.9 Å². The fourth-order valence-electron chi connectivity index (χ4n) is 2.61. The van der Waals surface area contributed by atoms with Gasteiger partial charge in [0.1, 0.15) is 6.61 Å². The van der Waals surface area contributed by atoms with E-state index >= 15 is 0 Å². The Morgan fingerprint density at radius 2 is 2.00 bits per heavy atom. The summed E-state index contributed by atoms with van der Waals surface area (Å²) in [6.07, 6.45) is 0.158. The number of carbonyl (C=O) groups is 2. The van der Waals surface area contributed by atoms with Crippen LogP contribution >= 0.6 is 27.5 Å². The van der Waals surface area contributed by atoms with Crippen LogP contribution in [0, 0.1) is 5.92 Å². The largest absolute Gasteiger partial charge is 0.461 e. The molecule has 0 saturated carbocycles. The molecule has 6 heteroatoms. The van der Waals surface area contributed by atoms with Gasteiger partial charge >= 0.3 is 5.97 Å². The summed E-state index contributed by atoms with van der Waals surface area (Å²) in [4.78, 5) is 26.0. The van der Waals surface area contributed by atoms with Crippen molar-refractivity contribution in [1.29, 1.82) is 0 Å². The fourth-order valence-corrected chi connectivity index (χ4v) is 3.06. The van der Waals surface area contributed by atoms with Crippen molar-refractivity contribution >= 4 is 45.1 Å². The Hall–Kier alpha value is -1.85. The van der Waals surface area contributed by atoms with E-state index in [0.29, 0.717) is 17.3 Å². The number of rotatable bonds is 4. The van der Waals surface area contributed by atoms with Gasteiger partial charge in [-0.05, 0) is 35.9 Å².